The van der Waals surface area contributed by atoms with E-state index in [1.165, 1.54) is 18.0 Å². The van der Waals surface area contributed by atoms with Gasteiger partial charge in [-0.15, -0.1) is 0 Å². The first-order chi connectivity index (χ1) is 10.5. The molecule has 2 aromatic rings. The molecule has 0 unspecified atom stereocenters. The number of rotatable bonds is 5. The predicted molar refractivity (Wildman–Crippen MR) is 82.9 cm³/mol. The summed E-state index contributed by atoms with van der Waals surface area (Å²) in [5.41, 5.74) is 6.28. The molecule has 0 aliphatic heterocycles. The first kappa shape index (κ1) is 16.3. The van der Waals surface area contributed by atoms with Crippen molar-refractivity contribution in [2.75, 3.05) is 6.26 Å². The fraction of sp³-hybridized carbons (Fsp3) is 0.143. The van der Waals surface area contributed by atoms with Gasteiger partial charge in [0.15, 0.2) is 10.9 Å². The van der Waals surface area contributed by atoms with Gasteiger partial charge >= 0.3 is 5.97 Å². The Kier molecular flexibility index (Phi) is 5.35. The molecule has 114 valence electrons. The molecular formula is C14H12ClN3O3S. The molecule has 0 radical (unpaired) electrons. The monoisotopic (exact) mass is 337 g/mol. The van der Waals surface area contributed by atoms with Crippen molar-refractivity contribution in [2.24, 2.45) is 5.73 Å². The van der Waals surface area contributed by atoms with Crippen molar-refractivity contribution >= 4 is 35.2 Å². The minimum Gasteiger partial charge on any atom is -0.456 e. The highest BCUT2D eigenvalue weighted by Gasteiger charge is 2.15. The first-order valence-electron chi connectivity index (χ1n) is 6.13. The van der Waals surface area contributed by atoms with Crippen molar-refractivity contribution < 1.29 is 14.3 Å². The van der Waals surface area contributed by atoms with Crippen LogP contribution in [-0.2, 0) is 11.3 Å². The van der Waals surface area contributed by atoms with Crippen LogP contribution in [0.1, 0.15) is 26.4 Å². The third-order valence-electron chi connectivity index (χ3n) is 2.71. The van der Waals surface area contributed by atoms with E-state index in [9.17, 15) is 9.59 Å². The minimum atomic E-state index is -0.637. The van der Waals surface area contributed by atoms with Crippen LogP contribution in [0.3, 0.4) is 0 Å². The van der Waals surface area contributed by atoms with Crippen molar-refractivity contribution in [3.05, 3.63) is 52.3 Å². The van der Waals surface area contributed by atoms with Crippen LogP contribution in [0.5, 0.6) is 0 Å². The molecule has 22 heavy (non-hydrogen) atoms. The lowest BCUT2D eigenvalue weighted by atomic mass is 10.1. The highest BCUT2D eigenvalue weighted by Crippen LogP contribution is 2.18. The highest BCUT2D eigenvalue weighted by molar-refractivity contribution is 7.98. The number of hydrogen-bond donors (Lipinski definition) is 1. The Bertz CT molecular complexity index is 707. The fourth-order valence-electron chi connectivity index (χ4n) is 1.57. The van der Waals surface area contributed by atoms with Crippen LogP contribution >= 0.6 is 23.4 Å². The summed E-state index contributed by atoms with van der Waals surface area (Å²) >= 11 is 7.19. The summed E-state index contributed by atoms with van der Waals surface area (Å²) in [4.78, 5) is 30.9. The molecule has 0 spiro atoms. The molecule has 1 aromatic carbocycles. The maximum absolute atomic E-state index is 12.0. The number of benzene rings is 1. The molecule has 6 nitrogen and oxygen atoms in total. The lowest BCUT2D eigenvalue weighted by molar-refractivity contribution is 0.0464. The van der Waals surface area contributed by atoms with Crippen LogP contribution in [0.2, 0.25) is 5.02 Å². The van der Waals surface area contributed by atoms with E-state index in [0.717, 1.165) is 0 Å². The number of thioether (sulfide) groups is 1. The van der Waals surface area contributed by atoms with Crippen molar-refractivity contribution in [2.45, 2.75) is 11.8 Å². The fourth-order valence-corrected chi connectivity index (χ4v) is 2.08. The lowest BCUT2D eigenvalue weighted by Gasteiger charge is -2.07. The van der Waals surface area contributed by atoms with Crippen molar-refractivity contribution in [1.29, 1.82) is 0 Å². The number of hydrogen-bond acceptors (Lipinski definition) is 6. The average molecular weight is 338 g/mol. The van der Waals surface area contributed by atoms with E-state index in [-0.39, 0.29) is 17.3 Å². The molecule has 0 atom stereocenters. The van der Waals surface area contributed by atoms with Gasteiger partial charge in [0, 0.05) is 5.56 Å². The quantitative estimate of drug-likeness (QED) is 0.511. The number of halogens is 1. The van der Waals surface area contributed by atoms with E-state index in [0.29, 0.717) is 16.3 Å². The van der Waals surface area contributed by atoms with Gasteiger partial charge in [-0.1, -0.05) is 35.5 Å². The third kappa shape index (κ3) is 3.96. The predicted octanol–water partition coefficient (Wildman–Crippen LogP) is 2.31. The molecule has 0 bridgehead atoms. The van der Waals surface area contributed by atoms with Crippen molar-refractivity contribution in [1.82, 2.24) is 9.97 Å². The first-order valence-corrected chi connectivity index (χ1v) is 7.74. The van der Waals surface area contributed by atoms with Gasteiger partial charge in [-0.2, -0.15) is 0 Å². The second-order valence-corrected chi connectivity index (χ2v) is 5.37. The Morgan fingerprint density at radius 1 is 1.32 bits per heavy atom. The molecule has 0 aliphatic carbocycles. The summed E-state index contributed by atoms with van der Waals surface area (Å²) in [6, 6.07) is 6.44. The van der Waals surface area contributed by atoms with E-state index in [1.54, 1.807) is 30.5 Å². The van der Waals surface area contributed by atoms with Crippen LogP contribution in [0, 0.1) is 0 Å². The summed E-state index contributed by atoms with van der Waals surface area (Å²) in [7, 11) is 0. The van der Waals surface area contributed by atoms with Gasteiger partial charge < -0.3 is 10.5 Å². The summed E-state index contributed by atoms with van der Waals surface area (Å²) in [6.45, 7) is 0.0345. The van der Waals surface area contributed by atoms with E-state index in [1.807, 2.05) is 0 Å². The van der Waals surface area contributed by atoms with Gasteiger partial charge in [0.05, 0.1) is 11.2 Å². The molecule has 0 fully saturated rings. The second-order valence-electron chi connectivity index (χ2n) is 4.19. The van der Waals surface area contributed by atoms with Crippen LogP contribution in [0.15, 0.2) is 35.6 Å². The van der Waals surface area contributed by atoms with E-state index in [2.05, 4.69) is 9.97 Å². The molecule has 2 N–H and O–H groups in total. The number of carbonyl (C=O) groups excluding carboxylic acids is 2. The molecular weight excluding hydrogens is 326 g/mol. The summed E-state index contributed by atoms with van der Waals surface area (Å²) in [5, 5.41) is 0.564. The second kappa shape index (κ2) is 7.24. The van der Waals surface area contributed by atoms with E-state index in [4.69, 9.17) is 22.1 Å². The number of nitrogens with two attached hydrogens (primary N) is 1. The third-order valence-corrected chi connectivity index (χ3v) is 3.54. The molecule has 1 amide bonds. The molecule has 8 heteroatoms. The standard InChI is InChI=1S/C14H12ClN3O3S/c1-22-14-17-6-10(15)11(18-14)13(20)21-7-8-2-4-9(5-3-8)12(16)19/h2-6H,7H2,1H3,(H2,16,19). The number of aromatic nitrogens is 2. The Morgan fingerprint density at radius 3 is 2.59 bits per heavy atom. The Balaban J connectivity index is 2.05. The number of carbonyl (C=O) groups is 2. The lowest BCUT2D eigenvalue weighted by Crippen LogP contribution is -2.11. The zero-order valence-corrected chi connectivity index (χ0v) is 13.1. The number of nitrogens with zero attached hydrogens (tertiary/aromatic N) is 2. The van der Waals surface area contributed by atoms with Crippen LogP contribution in [0.25, 0.3) is 0 Å². The molecule has 1 aromatic heterocycles. The van der Waals surface area contributed by atoms with Crippen molar-refractivity contribution in [3.63, 3.8) is 0 Å². The van der Waals surface area contributed by atoms with Crippen molar-refractivity contribution in [3.8, 4) is 0 Å². The van der Waals surface area contributed by atoms with Gasteiger partial charge in [-0.3, -0.25) is 4.79 Å². The SMILES string of the molecule is CSc1ncc(Cl)c(C(=O)OCc2ccc(C(N)=O)cc2)n1. The summed E-state index contributed by atoms with van der Waals surface area (Å²) in [5.74, 6) is -1.15. The summed E-state index contributed by atoms with van der Waals surface area (Å²) < 4.78 is 5.16. The maximum Gasteiger partial charge on any atom is 0.358 e. The minimum absolute atomic E-state index is 0.0229. The number of amides is 1. The zero-order valence-electron chi connectivity index (χ0n) is 11.6. The van der Waals surface area contributed by atoms with Gasteiger partial charge in [-0.25, -0.2) is 14.8 Å². The smallest absolute Gasteiger partial charge is 0.358 e. The Labute approximate surface area is 136 Å². The van der Waals surface area contributed by atoms with Gasteiger partial charge in [0.2, 0.25) is 5.91 Å². The molecule has 0 saturated heterocycles. The number of ether oxygens (including phenoxy) is 1. The average Bonchev–Trinajstić information content (AvgIpc) is 2.53. The van der Waals surface area contributed by atoms with E-state index >= 15 is 0 Å². The maximum atomic E-state index is 12.0. The molecule has 1 heterocycles. The largest absolute Gasteiger partial charge is 0.456 e. The normalized spacial score (nSPS) is 10.3. The number of primary amides is 1. The van der Waals surface area contributed by atoms with Gasteiger partial charge in [0.25, 0.3) is 0 Å². The topological polar surface area (TPSA) is 95.2 Å². The molecule has 2 rings (SSSR count). The Hall–Kier alpha value is -2.12. The zero-order chi connectivity index (χ0) is 16.1. The summed E-state index contributed by atoms with van der Waals surface area (Å²) in [6.07, 6.45) is 3.15. The molecule has 0 aliphatic rings. The van der Waals surface area contributed by atoms with Gasteiger partial charge in [-0.05, 0) is 24.0 Å². The molecule has 0 saturated carbocycles. The number of esters is 1. The van der Waals surface area contributed by atoms with E-state index < -0.39 is 11.9 Å². The van der Waals surface area contributed by atoms with Crippen LogP contribution < -0.4 is 5.73 Å². The van der Waals surface area contributed by atoms with Crippen LogP contribution in [0.4, 0.5) is 0 Å². The van der Waals surface area contributed by atoms with Crippen LogP contribution in [-0.4, -0.2) is 28.1 Å². The Morgan fingerprint density at radius 2 is 2.00 bits per heavy atom. The highest BCUT2D eigenvalue weighted by atomic mass is 35.5. The van der Waals surface area contributed by atoms with Gasteiger partial charge in [0.1, 0.15) is 6.61 Å².